The van der Waals surface area contributed by atoms with Crippen LogP contribution < -0.4 is 9.47 Å². The first kappa shape index (κ1) is 16.9. The molecule has 0 aliphatic carbocycles. The molecule has 0 spiro atoms. The van der Waals surface area contributed by atoms with E-state index in [0.29, 0.717) is 17.7 Å². The van der Waals surface area contributed by atoms with E-state index in [0.717, 1.165) is 34.1 Å². The van der Waals surface area contributed by atoms with E-state index in [-0.39, 0.29) is 0 Å². The van der Waals surface area contributed by atoms with Crippen LogP contribution in [-0.2, 0) is 4.79 Å². The number of hydrogen-bond acceptors (Lipinski definition) is 3. The van der Waals surface area contributed by atoms with Crippen molar-refractivity contribution in [1.29, 1.82) is 0 Å². The van der Waals surface area contributed by atoms with Gasteiger partial charge in [-0.05, 0) is 19.4 Å². The van der Waals surface area contributed by atoms with Crippen LogP contribution in [0.2, 0.25) is 0 Å². The van der Waals surface area contributed by atoms with Crippen LogP contribution in [-0.4, -0.2) is 25.3 Å². The summed E-state index contributed by atoms with van der Waals surface area (Å²) in [6.07, 6.45) is 2.98. The number of fused-ring (bicyclic) bond motifs is 1. The number of carboxylic acids is 1. The number of carbonyl (C=O) groups is 1. The second kappa shape index (κ2) is 7.18. The molecular weight excluding hydrogens is 292 g/mol. The molecule has 0 aliphatic rings. The highest BCUT2D eigenvalue weighted by molar-refractivity contribution is 6.00. The van der Waals surface area contributed by atoms with Crippen molar-refractivity contribution in [2.75, 3.05) is 14.2 Å². The fraction of sp³-hybridized carbons (Fsp3) is 0.316. The molecule has 2 aromatic carbocycles. The van der Waals surface area contributed by atoms with E-state index in [9.17, 15) is 9.90 Å². The Balaban J connectivity index is 2.84. The molecule has 2 aromatic rings. The van der Waals surface area contributed by atoms with E-state index in [2.05, 4.69) is 0 Å². The van der Waals surface area contributed by atoms with E-state index >= 15 is 0 Å². The summed E-state index contributed by atoms with van der Waals surface area (Å²) in [4.78, 5) is 11.5. The summed E-state index contributed by atoms with van der Waals surface area (Å²) in [5.74, 6) is 0.517. The van der Waals surface area contributed by atoms with Gasteiger partial charge in [-0.3, -0.25) is 0 Å². The number of carboxylic acid groups (broad SMARTS) is 1. The van der Waals surface area contributed by atoms with E-state index in [1.165, 1.54) is 0 Å². The van der Waals surface area contributed by atoms with Gasteiger partial charge in [0.15, 0.2) is 0 Å². The van der Waals surface area contributed by atoms with Crippen LogP contribution >= 0.6 is 0 Å². The molecule has 1 N–H and O–H groups in total. The van der Waals surface area contributed by atoms with Crippen molar-refractivity contribution < 1.29 is 19.4 Å². The SMILES string of the molecule is CCC/C(=C/c1c(C)c(OC)c2ccccc2c1OC)C(=O)O. The lowest BCUT2D eigenvalue weighted by Crippen LogP contribution is -2.02. The van der Waals surface area contributed by atoms with Crippen molar-refractivity contribution in [2.24, 2.45) is 0 Å². The van der Waals surface area contributed by atoms with Crippen LogP contribution in [0.1, 0.15) is 30.9 Å². The average Bonchev–Trinajstić information content (AvgIpc) is 2.54. The molecule has 0 saturated carbocycles. The fourth-order valence-corrected chi connectivity index (χ4v) is 2.86. The molecule has 0 heterocycles. The maximum Gasteiger partial charge on any atom is 0.331 e. The summed E-state index contributed by atoms with van der Waals surface area (Å²) >= 11 is 0. The molecule has 0 atom stereocenters. The molecule has 0 saturated heterocycles. The summed E-state index contributed by atoms with van der Waals surface area (Å²) in [5.41, 5.74) is 2.00. The lowest BCUT2D eigenvalue weighted by atomic mass is 9.96. The van der Waals surface area contributed by atoms with Crippen molar-refractivity contribution >= 4 is 22.8 Å². The van der Waals surface area contributed by atoms with E-state index < -0.39 is 5.97 Å². The van der Waals surface area contributed by atoms with Gasteiger partial charge in [-0.25, -0.2) is 4.79 Å². The minimum atomic E-state index is -0.902. The summed E-state index contributed by atoms with van der Waals surface area (Å²) in [7, 11) is 3.23. The summed E-state index contributed by atoms with van der Waals surface area (Å²) in [6, 6.07) is 7.80. The topological polar surface area (TPSA) is 55.8 Å². The Morgan fingerprint density at radius 3 is 2.17 bits per heavy atom. The summed E-state index contributed by atoms with van der Waals surface area (Å²) in [5, 5.41) is 11.3. The Bertz CT molecular complexity index is 760. The molecule has 122 valence electrons. The van der Waals surface area contributed by atoms with E-state index in [1.54, 1.807) is 20.3 Å². The van der Waals surface area contributed by atoms with Gasteiger partial charge in [-0.15, -0.1) is 0 Å². The van der Waals surface area contributed by atoms with Gasteiger partial charge in [-0.2, -0.15) is 0 Å². The largest absolute Gasteiger partial charge is 0.496 e. The first-order valence-corrected chi connectivity index (χ1v) is 7.62. The monoisotopic (exact) mass is 314 g/mol. The van der Waals surface area contributed by atoms with Crippen LogP contribution in [0.25, 0.3) is 16.8 Å². The standard InChI is InChI=1S/C19H22O4/c1-5-8-13(19(20)21)11-16-12(2)17(22-3)14-9-6-7-10-15(14)18(16)23-4/h6-7,9-11H,5,8H2,1-4H3,(H,20,21)/b13-11-. The van der Waals surface area contributed by atoms with Gasteiger partial charge in [0.25, 0.3) is 0 Å². The molecule has 4 nitrogen and oxygen atoms in total. The van der Waals surface area contributed by atoms with Crippen LogP contribution in [0.15, 0.2) is 29.8 Å². The van der Waals surface area contributed by atoms with Gasteiger partial charge in [0.2, 0.25) is 0 Å². The lowest BCUT2D eigenvalue weighted by molar-refractivity contribution is -0.132. The molecule has 0 radical (unpaired) electrons. The van der Waals surface area contributed by atoms with Gasteiger partial charge in [0.1, 0.15) is 11.5 Å². The van der Waals surface area contributed by atoms with Crippen LogP contribution in [0.3, 0.4) is 0 Å². The van der Waals surface area contributed by atoms with Gasteiger partial charge >= 0.3 is 5.97 Å². The Labute approximate surface area is 136 Å². The highest BCUT2D eigenvalue weighted by Gasteiger charge is 2.18. The number of aliphatic carboxylic acids is 1. The summed E-state index contributed by atoms with van der Waals surface area (Å²) in [6.45, 7) is 3.88. The Kier molecular flexibility index (Phi) is 5.27. The molecule has 0 aliphatic heterocycles. The Hall–Kier alpha value is -2.49. The molecule has 0 amide bonds. The number of ether oxygens (including phenoxy) is 2. The van der Waals surface area contributed by atoms with Gasteiger partial charge in [0.05, 0.1) is 14.2 Å². The molecule has 4 heteroatoms. The summed E-state index contributed by atoms with van der Waals surface area (Å²) < 4.78 is 11.2. The molecule has 0 bridgehead atoms. The fourth-order valence-electron chi connectivity index (χ4n) is 2.86. The number of hydrogen-bond donors (Lipinski definition) is 1. The number of methoxy groups -OCH3 is 2. The van der Waals surface area contributed by atoms with Gasteiger partial charge < -0.3 is 14.6 Å². The average molecular weight is 314 g/mol. The molecular formula is C19H22O4. The smallest absolute Gasteiger partial charge is 0.331 e. The minimum absolute atomic E-state index is 0.367. The quantitative estimate of drug-likeness (QED) is 0.801. The zero-order chi connectivity index (χ0) is 17.0. The van der Waals surface area contributed by atoms with Crippen LogP contribution in [0, 0.1) is 6.92 Å². The van der Waals surface area contributed by atoms with E-state index in [1.807, 2.05) is 38.1 Å². The molecule has 0 unspecified atom stereocenters. The Morgan fingerprint density at radius 1 is 1.13 bits per heavy atom. The molecule has 23 heavy (non-hydrogen) atoms. The first-order valence-electron chi connectivity index (χ1n) is 7.62. The second-order valence-corrected chi connectivity index (χ2v) is 5.38. The Morgan fingerprint density at radius 2 is 1.70 bits per heavy atom. The second-order valence-electron chi connectivity index (χ2n) is 5.38. The third-order valence-electron chi connectivity index (χ3n) is 3.93. The predicted octanol–water partition coefficient (Wildman–Crippen LogP) is 4.43. The maximum atomic E-state index is 11.5. The van der Waals surface area contributed by atoms with Crippen molar-refractivity contribution in [3.8, 4) is 11.5 Å². The molecule has 0 fully saturated rings. The van der Waals surface area contributed by atoms with Crippen LogP contribution in [0.5, 0.6) is 11.5 Å². The van der Waals surface area contributed by atoms with Gasteiger partial charge in [0, 0.05) is 27.5 Å². The molecule has 2 rings (SSSR count). The first-order chi connectivity index (χ1) is 11.0. The highest BCUT2D eigenvalue weighted by atomic mass is 16.5. The zero-order valence-electron chi connectivity index (χ0n) is 14.0. The van der Waals surface area contributed by atoms with Crippen molar-refractivity contribution in [2.45, 2.75) is 26.7 Å². The highest BCUT2D eigenvalue weighted by Crippen LogP contribution is 2.41. The minimum Gasteiger partial charge on any atom is -0.496 e. The number of rotatable bonds is 6. The van der Waals surface area contributed by atoms with Crippen molar-refractivity contribution in [3.63, 3.8) is 0 Å². The normalized spacial score (nSPS) is 11.6. The third-order valence-corrected chi connectivity index (χ3v) is 3.93. The van der Waals surface area contributed by atoms with Crippen molar-refractivity contribution in [1.82, 2.24) is 0 Å². The third kappa shape index (κ3) is 3.16. The zero-order valence-corrected chi connectivity index (χ0v) is 14.0. The lowest BCUT2D eigenvalue weighted by Gasteiger charge is -2.17. The van der Waals surface area contributed by atoms with E-state index in [4.69, 9.17) is 9.47 Å². The van der Waals surface area contributed by atoms with Crippen LogP contribution in [0.4, 0.5) is 0 Å². The maximum absolute atomic E-state index is 11.5. The van der Waals surface area contributed by atoms with Gasteiger partial charge in [-0.1, -0.05) is 37.6 Å². The number of benzene rings is 2. The predicted molar refractivity (Wildman–Crippen MR) is 92.3 cm³/mol. The van der Waals surface area contributed by atoms with Crippen molar-refractivity contribution in [3.05, 3.63) is 41.0 Å². The molecule has 0 aromatic heterocycles.